The van der Waals surface area contributed by atoms with Gasteiger partial charge in [-0.25, -0.2) is 13.1 Å². The van der Waals surface area contributed by atoms with Crippen molar-refractivity contribution in [2.24, 2.45) is 0 Å². The summed E-state index contributed by atoms with van der Waals surface area (Å²) in [6, 6.07) is 13.8. The molecule has 3 nitrogen and oxygen atoms in total. The topological polar surface area (TPSA) is 46.2 Å². The van der Waals surface area contributed by atoms with Crippen molar-refractivity contribution in [3.8, 4) is 0 Å². The fourth-order valence-electron chi connectivity index (χ4n) is 2.02. The highest BCUT2D eigenvalue weighted by molar-refractivity contribution is 7.89. The maximum absolute atomic E-state index is 12.3. The fraction of sp³-hybridized carbons (Fsp3) is 0.250. The van der Waals surface area contributed by atoms with Gasteiger partial charge in [0, 0.05) is 11.1 Å². The van der Waals surface area contributed by atoms with Crippen LogP contribution in [0.3, 0.4) is 0 Å². The van der Waals surface area contributed by atoms with Crippen molar-refractivity contribution in [3.63, 3.8) is 0 Å². The van der Waals surface area contributed by atoms with E-state index in [-0.39, 0.29) is 10.9 Å². The second-order valence-corrected chi connectivity index (χ2v) is 7.04. The van der Waals surface area contributed by atoms with Gasteiger partial charge in [0.05, 0.1) is 4.90 Å². The van der Waals surface area contributed by atoms with E-state index in [0.717, 1.165) is 12.0 Å². The smallest absolute Gasteiger partial charge is 0.207 e. The molecule has 21 heavy (non-hydrogen) atoms. The van der Waals surface area contributed by atoms with Crippen LogP contribution in [-0.4, -0.2) is 8.42 Å². The average Bonchev–Trinajstić information content (AvgIpc) is 2.47. The third kappa shape index (κ3) is 4.06. The van der Waals surface area contributed by atoms with Crippen molar-refractivity contribution in [1.29, 1.82) is 0 Å². The second kappa shape index (κ2) is 6.60. The van der Waals surface area contributed by atoms with Crippen molar-refractivity contribution >= 4 is 21.6 Å². The summed E-state index contributed by atoms with van der Waals surface area (Å²) in [4.78, 5) is 0.212. The van der Waals surface area contributed by atoms with E-state index >= 15 is 0 Å². The predicted octanol–water partition coefficient (Wildman–Crippen LogP) is 3.94. The maximum atomic E-state index is 12.3. The van der Waals surface area contributed by atoms with Gasteiger partial charge in [-0.05, 0) is 48.7 Å². The lowest BCUT2D eigenvalue weighted by Gasteiger charge is -2.15. The van der Waals surface area contributed by atoms with E-state index in [2.05, 4.69) is 11.6 Å². The van der Waals surface area contributed by atoms with E-state index in [0.29, 0.717) is 5.02 Å². The third-order valence-corrected chi connectivity index (χ3v) is 5.15. The van der Waals surface area contributed by atoms with E-state index < -0.39 is 10.0 Å². The summed E-state index contributed by atoms with van der Waals surface area (Å²) in [5, 5.41) is 0.511. The Hall–Kier alpha value is -1.36. The van der Waals surface area contributed by atoms with E-state index in [9.17, 15) is 8.42 Å². The normalized spacial score (nSPS) is 13.1. The van der Waals surface area contributed by atoms with Gasteiger partial charge in [0.1, 0.15) is 0 Å². The third-order valence-electron chi connectivity index (χ3n) is 3.34. The van der Waals surface area contributed by atoms with Gasteiger partial charge >= 0.3 is 0 Å². The molecule has 0 unspecified atom stereocenters. The molecule has 0 saturated heterocycles. The molecule has 0 aliphatic carbocycles. The van der Waals surface area contributed by atoms with Crippen LogP contribution in [0.2, 0.25) is 5.02 Å². The molecular formula is C16H18ClNO2S. The minimum absolute atomic E-state index is 0.212. The Morgan fingerprint density at radius 3 is 2.14 bits per heavy atom. The molecule has 0 fully saturated rings. The average molecular weight is 324 g/mol. The van der Waals surface area contributed by atoms with Crippen molar-refractivity contribution in [1.82, 2.24) is 4.72 Å². The van der Waals surface area contributed by atoms with E-state index in [1.807, 2.05) is 31.2 Å². The number of nitrogens with one attached hydrogen (secondary N) is 1. The molecule has 5 heteroatoms. The Morgan fingerprint density at radius 1 is 1.05 bits per heavy atom. The highest BCUT2D eigenvalue weighted by atomic mass is 35.5. The molecule has 112 valence electrons. The molecule has 0 aliphatic heterocycles. The van der Waals surface area contributed by atoms with E-state index in [1.54, 1.807) is 12.1 Å². The Balaban J connectivity index is 2.17. The van der Waals surface area contributed by atoms with Crippen LogP contribution in [0.5, 0.6) is 0 Å². The van der Waals surface area contributed by atoms with Gasteiger partial charge in [-0.1, -0.05) is 42.8 Å². The molecule has 0 heterocycles. The molecule has 2 rings (SSSR count). The summed E-state index contributed by atoms with van der Waals surface area (Å²) in [5.41, 5.74) is 2.16. The summed E-state index contributed by atoms with van der Waals surface area (Å²) in [5.74, 6) is 0. The summed E-state index contributed by atoms with van der Waals surface area (Å²) >= 11 is 5.78. The van der Waals surface area contributed by atoms with Gasteiger partial charge in [-0.2, -0.15) is 0 Å². The predicted molar refractivity (Wildman–Crippen MR) is 86.0 cm³/mol. The first-order valence-corrected chi connectivity index (χ1v) is 8.65. The summed E-state index contributed by atoms with van der Waals surface area (Å²) < 4.78 is 27.3. The summed E-state index contributed by atoms with van der Waals surface area (Å²) in [7, 11) is -3.55. The Labute approximate surface area is 131 Å². The first kappa shape index (κ1) is 16.0. The maximum Gasteiger partial charge on any atom is 0.241 e. The van der Waals surface area contributed by atoms with Gasteiger partial charge < -0.3 is 0 Å². The van der Waals surface area contributed by atoms with Gasteiger partial charge in [0.15, 0.2) is 0 Å². The molecule has 0 amide bonds. The number of benzene rings is 2. The molecule has 0 saturated carbocycles. The number of rotatable bonds is 5. The Bertz CT molecular complexity index is 694. The van der Waals surface area contributed by atoms with Crippen LogP contribution < -0.4 is 4.72 Å². The lowest BCUT2D eigenvalue weighted by atomic mass is 10.1. The zero-order chi connectivity index (χ0) is 15.5. The van der Waals surface area contributed by atoms with Crippen LogP contribution in [0.25, 0.3) is 0 Å². The summed E-state index contributed by atoms with van der Waals surface area (Å²) in [6.45, 7) is 3.91. The minimum atomic E-state index is -3.55. The second-order valence-electron chi connectivity index (χ2n) is 4.89. The van der Waals surface area contributed by atoms with Crippen molar-refractivity contribution < 1.29 is 8.42 Å². The molecular weight excluding hydrogens is 306 g/mol. The Morgan fingerprint density at radius 2 is 1.62 bits per heavy atom. The van der Waals surface area contributed by atoms with Crippen molar-refractivity contribution in [2.75, 3.05) is 0 Å². The number of hydrogen-bond acceptors (Lipinski definition) is 2. The Kier molecular flexibility index (Phi) is 5.04. The lowest BCUT2D eigenvalue weighted by Crippen LogP contribution is -2.26. The van der Waals surface area contributed by atoms with Crippen LogP contribution in [0.4, 0.5) is 0 Å². The number of hydrogen-bond donors (Lipinski definition) is 1. The SMILES string of the molecule is CCc1ccc([C@@H](C)NS(=O)(=O)c2ccc(Cl)cc2)cc1. The first-order valence-electron chi connectivity index (χ1n) is 6.79. The highest BCUT2D eigenvalue weighted by Gasteiger charge is 2.18. The van der Waals surface area contributed by atoms with Crippen LogP contribution in [-0.2, 0) is 16.4 Å². The van der Waals surface area contributed by atoms with Gasteiger partial charge in [0.25, 0.3) is 0 Å². The van der Waals surface area contributed by atoms with Gasteiger partial charge in [0.2, 0.25) is 10.0 Å². The van der Waals surface area contributed by atoms with Gasteiger partial charge in [-0.15, -0.1) is 0 Å². The van der Waals surface area contributed by atoms with Crippen molar-refractivity contribution in [3.05, 3.63) is 64.7 Å². The number of sulfonamides is 1. The largest absolute Gasteiger partial charge is 0.241 e. The molecule has 0 radical (unpaired) electrons. The standard InChI is InChI=1S/C16H18ClNO2S/c1-3-13-4-6-14(7-5-13)12(2)18-21(19,20)16-10-8-15(17)9-11-16/h4-12,18H,3H2,1-2H3/t12-/m1/s1. The quantitative estimate of drug-likeness (QED) is 0.905. The van der Waals surface area contributed by atoms with Crippen LogP contribution in [0, 0.1) is 0 Å². The summed E-state index contributed by atoms with van der Waals surface area (Å²) in [6.07, 6.45) is 0.963. The monoisotopic (exact) mass is 323 g/mol. The molecule has 2 aromatic rings. The highest BCUT2D eigenvalue weighted by Crippen LogP contribution is 2.19. The molecule has 2 aromatic carbocycles. The number of halogens is 1. The zero-order valence-corrected chi connectivity index (χ0v) is 13.6. The molecule has 0 aromatic heterocycles. The van der Waals surface area contributed by atoms with Crippen LogP contribution in [0.1, 0.15) is 31.0 Å². The zero-order valence-electron chi connectivity index (χ0n) is 12.0. The lowest BCUT2D eigenvalue weighted by molar-refractivity contribution is 0.567. The number of aryl methyl sites for hydroxylation is 1. The van der Waals surface area contributed by atoms with Crippen LogP contribution in [0.15, 0.2) is 53.4 Å². The molecule has 0 aliphatic rings. The fourth-order valence-corrected chi connectivity index (χ4v) is 3.38. The van der Waals surface area contributed by atoms with E-state index in [1.165, 1.54) is 17.7 Å². The van der Waals surface area contributed by atoms with Crippen molar-refractivity contribution in [2.45, 2.75) is 31.2 Å². The molecule has 0 spiro atoms. The molecule has 0 bridgehead atoms. The minimum Gasteiger partial charge on any atom is -0.207 e. The van der Waals surface area contributed by atoms with Crippen LogP contribution >= 0.6 is 11.6 Å². The van der Waals surface area contributed by atoms with E-state index in [4.69, 9.17) is 11.6 Å². The molecule has 1 N–H and O–H groups in total. The first-order chi connectivity index (χ1) is 9.92. The van der Waals surface area contributed by atoms with Gasteiger partial charge in [-0.3, -0.25) is 0 Å². The molecule has 1 atom stereocenters.